The molecule has 0 aliphatic heterocycles. The summed E-state index contributed by atoms with van der Waals surface area (Å²) < 4.78 is 5.01. The van der Waals surface area contributed by atoms with E-state index >= 15 is 0 Å². The molecule has 0 radical (unpaired) electrons. The number of nitrogens with one attached hydrogen (secondary N) is 1. The molecular weight excluding hydrogens is 282 g/mol. The quantitative estimate of drug-likeness (QED) is 0.600. The molecule has 0 aliphatic carbocycles. The molecule has 2 aromatic rings. The molecule has 1 aromatic heterocycles. The summed E-state index contributed by atoms with van der Waals surface area (Å²) in [6, 6.07) is 10.3. The summed E-state index contributed by atoms with van der Waals surface area (Å²) in [4.78, 5) is 10.2. The van der Waals surface area contributed by atoms with E-state index in [1.807, 2.05) is 24.0 Å². The van der Waals surface area contributed by atoms with Gasteiger partial charge in [0, 0.05) is 36.9 Å². The molecule has 0 aliphatic rings. The number of rotatable bonds is 8. The van der Waals surface area contributed by atoms with E-state index in [-0.39, 0.29) is 0 Å². The number of thioether (sulfide) groups is 1. The lowest BCUT2D eigenvalue weighted by Crippen LogP contribution is -2.19. The van der Waals surface area contributed by atoms with Crippen LogP contribution in [0.1, 0.15) is 12.6 Å². The number of ether oxygens (including phenoxy) is 1. The fourth-order valence-corrected chi connectivity index (χ4v) is 2.55. The van der Waals surface area contributed by atoms with Crippen LogP contribution in [0.25, 0.3) is 11.4 Å². The van der Waals surface area contributed by atoms with Crippen molar-refractivity contribution in [1.82, 2.24) is 15.3 Å². The van der Waals surface area contributed by atoms with Crippen LogP contribution in [0, 0.1) is 0 Å². The van der Waals surface area contributed by atoms with Crippen molar-refractivity contribution in [2.24, 2.45) is 0 Å². The van der Waals surface area contributed by atoms with Crippen molar-refractivity contribution in [2.75, 3.05) is 26.0 Å². The maximum absolute atomic E-state index is 5.01. The number of nitrogens with zero attached hydrogens (tertiary/aromatic N) is 2. The van der Waals surface area contributed by atoms with Crippen LogP contribution in [-0.2, 0) is 11.3 Å². The molecule has 0 bridgehead atoms. The van der Waals surface area contributed by atoms with Gasteiger partial charge < -0.3 is 10.1 Å². The Labute approximate surface area is 130 Å². The molecule has 0 spiro atoms. The van der Waals surface area contributed by atoms with E-state index in [1.54, 1.807) is 7.11 Å². The Balaban J connectivity index is 2.02. The summed E-state index contributed by atoms with van der Waals surface area (Å²) in [6.45, 7) is 4.40. The highest BCUT2D eigenvalue weighted by Gasteiger charge is 2.03. The molecule has 5 heteroatoms. The molecule has 0 unspecified atom stereocenters. The van der Waals surface area contributed by atoms with Crippen molar-refractivity contribution in [1.29, 1.82) is 0 Å². The van der Waals surface area contributed by atoms with E-state index in [0.29, 0.717) is 6.61 Å². The molecule has 4 nitrogen and oxygen atoms in total. The van der Waals surface area contributed by atoms with E-state index < -0.39 is 0 Å². The molecule has 0 fully saturated rings. The predicted octanol–water partition coefficient (Wildman–Crippen LogP) is 2.99. The van der Waals surface area contributed by atoms with Crippen molar-refractivity contribution >= 4 is 11.8 Å². The maximum atomic E-state index is 5.01. The highest BCUT2D eigenvalue weighted by molar-refractivity contribution is 7.99. The van der Waals surface area contributed by atoms with Crippen LogP contribution in [-0.4, -0.2) is 36.0 Å². The molecule has 112 valence electrons. The Morgan fingerprint density at radius 1 is 1.19 bits per heavy atom. The summed E-state index contributed by atoms with van der Waals surface area (Å²) >= 11 is 1.84. The Morgan fingerprint density at radius 3 is 2.71 bits per heavy atom. The van der Waals surface area contributed by atoms with Crippen LogP contribution in [0.3, 0.4) is 0 Å². The molecule has 0 atom stereocenters. The van der Waals surface area contributed by atoms with Crippen molar-refractivity contribution in [2.45, 2.75) is 18.4 Å². The maximum Gasteiger partial charge on any atom is 0.159 e. The van der Waals surface area contributed by atoms with Gasteiger partial charge in [0.2, 0.25) is 0 Å². The average Bonchev–Trinajstić information content (AvgIpc) is 2.53. The number of aromatic nitrogens is 2. The minimum absolute atomic E-state index is 0.703. The fraction of sp³-hybridized carbons (Fsp3) is 0.375. The molecule has 1 aromatic carbocycles. The van der Waals surface area contributed by atoms with Gasteiger partial charge in [0.1, 0.15) is 0 Å². The van der Waals surface area contributed by atoms with Gasteiger partial charge >= 0.3 is 0 Å². The third-order valence-electron chi connectivity index (χ3n) is 2.93. The summed E-state index contributed by atoms with van der Waals surface area (Å²) in [7, 11) is 1.70. The molecule has 0 saturated carbocycles. The lowest BCUT2D eigenvalue weighted by Gasteiger charge is -2.06. The Hall–Kier alpha value is -1.43. The third-order valence-corrected chi connectivity index (χ3v) is 3.82. The lowest BCUT2D eigenvalue weighted by atomic mass is 10.2. The second-order valence-electron chi connectivity index (χ2n) is 4.50. The zero-order valence-electron chi connectivity index (χ0n) is 12.5. The van der Waals surface area contributed by atoms with Crippen LogP contribution in [0.4, 0.5) is 0 Å². The number of benzene rings is 1. The molecule has 1 N–H and O–H groups in total. The normalized spacial score (nSPS) is 10.8. The van der Waals surface area contributed by atoms with E-state index in [2.05, 4.69) is 46.5 Å². The minimum Gasteiger partial charge on any atom is -0.383 e. The predicted molar refractivity (Wildman–Crippen MR) is 87.4 cm³/mol. The van der Waals surface area contributed by atoms with Gasteiger partial charge in [0.25, 0.3) is 0 Å². The van der Waals surface area contributed by atoms with Gasteiger partial charge in [-0.15, -0.1) is 11.8 Å². The summed E-state index contributed by atoms with van der Waals surface area (Å²) in [5.41, 5.74) is 2.04. The molecule has 21 heavy (non-hydrogen) atoms. The van der Waals surface area contributed by atoms with Crippen LogP contribution >= 0.6 is 11.8 Å². The first-order valence-electron chi connectivity index (χ1n) is 7.08. The summed E-state index contributed by atoms with van der Waals surface area (Å²) in [6.07, 6.45) is 1.81. The van der Waals surface area contributed by atoms with Gasteiger partial charge in [-0.2, -0.15) is 0 Å². The zero-order chi connectivity index (χ0) is 14.9. The number of methoxy groups -OCH3 is 1. The Bertz CT molecular complexity index is 545. The van der Waals surface area contributed by atoms with E-state index in [1.165, 1.54) is 4.90 Å². The lowest BCUT2D eigenvalue weighted by molar-refractivity contribution is 0.199. The van der Waals surface area contributed by atoms with E-state index in [0.717, 1.165) is 35.9 Å². The fourth-order valence-electron chi connectivity index (χ4n) is 1.89. The second kappa shape index (κ2) is 8.77. The van der Waals surface area contributed by atoms with Gasteiger partial charge in [-0.3, -0.25) is 0 Å². The Kier molecular flexibility index (Phi) is 6.66. The van der Waals surface area contributed by atoms with E-state index in [9.17, 15) is 0 Å². The van der Waals surface area contributed by atoms with Crippen LogP contribution in [0.5, 0.6) is 0 Å². The average molecular weight is 303 g/mol. The highest BCUT2D eigenvalue weighted by Crippen LogP contribution is 2.21. The zero-order valence-corrected chi connectivity index (χ0v) is 13.3. The first-order valence-corrected chi connectivity index (χ1v) is 8.07. The minimum atomic E-state index is 0.703. The molecule has 1 heterocycles. The third kappa shape index (κ3) is 5.12. The highest BCUT2D eigenvalue weighted by atomic mass is 32.2. The van der Waals surface area contributed by atoms with Gasteiger partial charge in [0.15, 0.2) is 5.82 Å². The first-order chi connectivity index (χ1) is 10.3. The number of hydrogen-bond acceptors (Lipinski definition) is 5. The van der Waals surface area contributed by atoms with Crippen LogP contribution in [0.2, 0.25) is 0 Å². The van der Waals surface area contributed by atoms with Gasteiger partial charge in [0.05, 0.1) is 12.3 Å². The van der Waals surface area contributed by atoms with E-state index in [4.69, 9.17) is 4.74 Å². The second-order valence-corrected chi connectivity index (χ2v) is 5.84. The summed E-state index contributed by atoms with van der Waals surface area (Å²) in [5.74, 6) is 1.85. The first kappa shape index (κ1) is 15.9. The summed E-state index contributed by atoms with van der Waals surface area (Å²) in [5, 5.41) is 3.29. The van der Waals surface area contributed by atoms with Crippen LogP contribution in [0.15, 0.2) is 41.4 Å². The largest absolute Gasteiger partial charge is 0.383 e. The molecule has 2 rings (SSSR count). The smallest absolute Gasteiger partial charge is 0.159 e. The number of hydrogen-bond donors (Lipinski definition) is 1. The van der Waals surface area contributed by atoms with Gasteiger partial charge in [-0.25, -0.2) is 9.97 Å². The SMILES string of the molecule is CCSc1ccc(-c2nccc(CNCCOC)n2)cc1. The van der Waals surface area contributed by atoms with Crippen molar-refractivity contribution < 1.29 is 4.74 Å². The molecule has 0 amide bonds. The van der Waals surface area contributed by atoms with Crippen LogP contribution < -0.4 is 5.32 Å². The van der Waals surface area contributed by atoms with Crippen molar-refractivity contribution in [3.63, 3.8) is 0 Å². The van der Waals surface area contributed by atoms with Crippen molar-refractivity contribution in [3.05, 3.63) is 42.2 Å². The standard InChI is InChI=1S/C16H21N3OS/c1-3-21-15-6-4-13(5-7-15)16-18-9-8-14(19-16)12-17-10-11-20-2/h4-9,17H,3,10-12H2,1-2H3. The monoisotopic (exact) mass is 303 g/mol. The Morgan fingerprint density at radius 2 is 2.00 bits per heavy atom. The van der Waals surface area contributed by atoms with Gasteiger partial charge in [-0.1, -0.05) is 19.1 Å². The van der Waals surface area contributed by atoms with Crippen molar-refractivity contribution in [3.8, 4) is 11.4 Å². The molecule has 0 saturated heterocycles. The topological polar surface area (TPSA) is 47.0 Å². The van der Waals surface area contributed by atoms with Gasteiger partial charge in [-0.05, 0) is 24.0 Å². The molecular formula is C16H21N3OS.